The third-order valence-electron chi connectivity index (χ3n) is 3.18. The van der Waals surface area contributed by atoms with E-state index in [1.54, 1.807) is 18.0 Å². The lowest BCUT2D eigenvalue weighted by Crippen LogP contribution is -2.30. The van der Waals surface area contributed by atoms with E-state index in [1.807, 2.05) is 18.2 Å². The van der Waals surface area contributed by atoms with Crippen molar-refractivity contribution in [3.63, 3.8) is 0 Å². The van der Waals surface area contributed by atoms with Crippen LogP contribution in [0.2, 0.25) is 10.0 Å². The molecule has 6 nitrogen and oxygen atoms in total. The second kappa shape index (κ2) is 8.10. The molecule has 0 fully saturated rings. The molecule has 0 saturated heterocycles. The second-order valence-electron chi connectivity index (χ2n) is 5.27. The van der Waals surface area contributed by atoms with Gasteiger partial charge in [-0.2, -0.15) is 0 Å². The maximum Gasteiger partial charge on any atom is 0.292 e. The summed E-state index contributed by atoms with van der Waals surface area (Å²) in [7, 11) is 1.77. The van der Waals surface area contributed by atoms with Crippen molar-refractivity contribution in [2.75, 3.05) is 18.9 Å². The number of benzene rings is 2. The Morgan fingerprint density at radius 2 is 1.92 bits per heavy atom. The number of carbonyl (C=O) groups excluding carboxylic acids is 1. The third-order valence-corrected chi connectivity index (χ3v) is 3.65. The van der Waals surface area contributed by atoms with E-state index in [9.17, 15) is 14.9 Å². The molecule has 0 bridgehead atoms. The first-order valence-corrected chi connectivity index (χ1v) is 7.77. The van der Waals surface area contributed by atoms with Crippen molar-refractivity contribution in [2.45, 2.75) is 6.54 Å². The maximum absolute atomic E-state index is 12.1. The lowest BCUT2D eigenvalue weighted by atomic mass is 10.2. The zero-order valence-corrected chi connectivity index (χ0v) is 14.3. The van der Waals surface area contributed by atoms with Crippen LogP contribution in [0.15, 0.2) is 42.5 Å². The molecule has 2 rings (SSSR count). The monoisotopic (exact) mass is 367 g/mol. The Kier molecular flexibility index (Phi) is 6.14. The number of likely N-dealkylation sites (N-methyl/N-ethyl adjacent to an activating group) is 1. The van der Waals surface area contributed by atoms with Crippen LogP contribution >= 0.6 is 23.2 Å². The Morgan fingerprint density at radius 1 is 1.21 bits per heavy atom. The van der Waals surface area contributed by atoms with E-state index in [2.05, 4.69) is 5.32 Å². The smallest absolute Gasteiger partial charge is 0.292 e. The van der Waals surface area contributed by atoms with Gasteiger partial charge < -0.3 is 5.32 Å². The van der Waals surface area contributed by atoms with Crippen LogP contribution in [0.5, 0.6) is 0 Å². The SMILES string of the molecule is CN(CC(=O)Nc1cc(Cl)ccc1[N+](=O)[O-])Cc1cccc(Cl)c1. The fraction of sp³-hybridized carbons (Fsp3) is 0.188. The van der Waals surface area contributed by atoms with E-state index in [-0.39, 0.29) is 23.8 Å². The molecule has 1 amide bonds. The normalized spacial score (nSPS) is 10.7. The van der Waals surface area contributed by atoms with E-state index in [0.717, 1.165) is 5.56 Å². The highest BCUT2D eigenvalue weighted by Crippen LogP contribution is 2.27. The van der Waals surface area contributed by atoms with Crippen LogP contribution in [-0.4, -0.2) is 29.3 Å². The number of amides is 1. The molecule has 0 unspecified atom stereocenters. The first-order chi connectivity index (χ1) is 11.3. The number of carbonyl (C=O) groups is 1. The lowest BCUT2D eigenvalue weighted by molar-refractivity contribution is -0.383. The van der Waals surface area contributed by atoms with Crippen molar-refractivity contribution in [3.8, 4) is 0 Å². The molecule has 0 heterocycles. The molecule has 0 atom stereocenters. The van der Waals surface area contributed by atoms with Gasteiger partial charge in [-0.1, -0.05) is 35.3 Å². The number of nitro groups is 1. The molecular weight excluding hydrogens is 353 g/mol. The van der Waals surface area contributed by atoms with Gasteiger partial charge in [0.25, 0.3) is 5.69 Å². The van der Waals surface area contributed by atoms with Crippen LogP contribution in [0.1, 0.15) is 5.56 Å². The summed E-state index contributed by atoms with van der Waals surface area (Å²) in [5.41, 5.74) is 0.838. The van der Waals surface area contributed by atoms with Crippen molar-refractivity contribution in [1.82, 2.24) is 4.90 Å². The van der Waals surface area contributed by atoms with Crippen LogP contribution in [0.3, 0.4) is 0 Å². The van der Waals surface area contributed by atoms with Gasteiger partial charge in [0.05, 0.1) is 11.5 Å². The average Bonchev–Trinajstić information content (AvgIpc) is 2.46. The zero-order chi connectivity index (χ0) is 17.7. The van der Waals surface area contributed by atoms with Gasteiger partial charge in [0.2, 0.25) is 5.91 Å². The molecule has 0 aromatic heterocycles. The molecule has 1 N–H and O–H groups in total. The fourth-order valence-electron chi connectivity index (χ4n) is 2.21. The topological polar surface area (TPSA) is 75.5 Å². The van der Waals surface area contributed by atoms with Gasteiger partial charge in [0.15, 0.2) is 0 Å². The van der Waals surface area contributed by atoms with Crippen LogP contribution in [0.4, 0.5) is 11.4 Å². The Bertz CT molecular complexity index is 768. The van der Waals surface area contributed by atoms with Crippen LogP contribution < -0.4 is 5.32 Å². The number of halogens is 2. The van der Waals surface area contributed by atoms with Gasteiger partial charge >= 0.3 is 0 Å². The van der Waals surface area contributed by atoms with E-state index in [4.69, 9.17) is 23.2 Å². The molecule has 2 aromatic rings. The minimum Gasteiger partial charge on any atom is -0.319 e. The number of anilines is 1. The molecule has 0 aliphatic rings. The predicted octanol–water partition coefficient (Wildman–Crippen LogP) is 3.97. The lowest BCUT2D eigenvalue weighted by Gasteiger charge is -2.16. The molecule has 24 heavy (non-hydrogen) atoms. The molecular formula is C16H15Cl2N3O3. The van der Waals surface area contributed by atoms with Crippen molar-refractivity contribution in [3.05, 3.63) is 68.2 Å². The minimum absolute atomic E-state index is 0.0657. The highest BCUT2D eigenvalue weighted by molar-refractivity contribution is 6.31. The number of hydrogen-bond acceptors (Lipinski definition) is 4. The van der Waals surface area contributed by atoms with E-state index in [1.165, 1.54) is 18.2 Å². The van der Waals surface area contributed by atoms with Gasteiger partial charge in [0.1, 0.15) is 5.69 Å². The summed E-state index contributed by atoms with van der Waals surface area (Å²) in [6.45, 7) is 0.585. The molecule has 0 aliphatic heterocycles. The number of rotatable bonds is 6. The summed E-state index contributed by atoms with van der Waals surface area (Å²) >= 11 is 11.8. The summed E-state index contributed by atoms with van der Waals surface area (Å²) in [5, 5.41) is 14.5. The van der Waals surface area contributed by atoms with E-state index in [0.29, 0.717) is 16.6 Å². The highest BCUT2D eigenvalue weighted by Gasteiger charge is 2.17. The Labute approximate surface area is 149 Å². The maximum atomic E-state index is 12.1. The predicted molar refractivity (Wildman–Crippen MR) is 94.5 cm³/mol. The van der Waals surface area contributed by atoms with Gasteiger partial charge in [0, 0.05) is 22.7 Å². The first-order valence-electron chi connectivity index (χ1n) is 7.02. The third kappa shape index (κ3) is 5.19. The second-order valence-corrected chi connectivity index (χ2v) is 6.14. The highest BCUT2D eigenvalue weighted by atomic mass is 35.5. The van der Waals surface area contributed by atoms with E-state index >= 15 is 0 Å². The molecule has 0 aliphatic carbocycles. The Morgan fingerprint density at radius 3 is 2.58 bits per heavy atom. The van der Waals surface area contributed by atoms with Crippen LogP contribution in [0, 0.1) is 10.1 Å². The van der Waals surface area contributed by atoms with Crippen molar-refractivity contribution in [1.29, 1.82) is 0 Å². The molecule has 0 saturated carbocycles. The van der Waals surface area contributed by atoms with Crippen LogP contribution in [-0.2, 0) is 11.3 Å². The largest absolute Gasteiger partial charge is 0.319 e. The van der Waals surface area contributed by atoms with E-state index < -0.39 is 4.92 Å². The number of nitrogens with one attached hydrogen (secondary N) is 1. The average molecular weight is 368 g/mol. The summed E-state index contributed by atoms with van der Waals surface area (Å²) < 4.78 is 0. The zero-order valence-electron chi connectivity index (χ0n) is 12.8. The molecule has 0 radical (unpaired) electrons. The first kappa shape index (κ1) is 18.2. The number of nitro benzene ring substituents is 1. The molecule has 0 spiro atoms. The van der Waals surface area contributed by atoms with Gasteiger partial charge in [-0.05, 0) is 36.9 Å². The summed E-state index contributed by atoms with van der Waals surface area (Å²) in [6, 6.07) is 11.3. The van der Waals surface area contributed by atoms with Gasteiger partial charge in [-0.25, -0.2) is 0 Å². The quantitative estimate of drug-likeness (QED) is 0.618. The summed E-state index contributed by atoms with van der Waals surface area (Å²) in [4.78, 5) is 24.3. The minimum atomic E-state index is -0.568. The molecule has 8 heteroatoms. The Hall–Kier alpha value is -2.15. The molecule has 126 valence electrons. The number of nitrogens with zero attached hydrogens (tertiary/aromatic N) is 2. The van der Waals surface area contributed by atoms with Gasteiger partial charge in [-0.3, -0.25) is 19.8 Å². The summed E-state index contributed by atoms with van der Waals surface area (Å²) in [5.74, 6) is -0.370. The van der Waals surface area contributed by atoms with Crippen LogP contribution in [0.25, 0.3) is 0 Å². The standard InChI is InChI=1S/C16H15Cl2N3O3/c1-20(9-11-3-2-4-12(17)7-11)10-16(22)19-14-8-13(18)5-6-15(14)21(23)24/h2-8H,9-10H2,1H3,(H,19,22). The summed E-state index contributed by atoms with van der Waals surface area (Å²) in [6.07, 6.45) is 0. The van der Waals surface area contributed by atoms with Gasteiger partial charge in [-0.15, -0.1) is 0 Å². The number of hydrogen-bond donors (Lipinski definition) is 1. The Balaban J connectivity index is 2.00. The van der Waals surface area contributed by atoms with Crippen molar-refractivity contribution < 1.29 is 9.72 Å². The van der Waals surface area contributed by atoms with Crippen molar-refractivity contribution >= 4 is 40.5 Å². The van der Waals surface area contributed by atoms with Crippen molar-refractivity contribution in [2.24, 2.45) is 0 Å². The molecule has 2 aromatic carbocycles. The fourth-order valence-corrected chi connectivity index (χ4v) is 2.59.